The molecule has 1 rings (SSSR count). The predicted octanol–water partition coefficient (Wildman–Crippen LogP) is 1.92. The molecule has 19 heavy (non-hydrogen) atoms. The Morgan fingerprint density at radius 3 is 2.21 bits per heavy atom. The van der Waals surface area contributed by atoms with E-state index in [9.17, 15) is 13.2 Å². The molecule has 0 bridgehead atoms. The third-order valence-corrected chi connectivity index (χ3v) is 4.79. The number of hydrogen-bond acceptors (Lipinski definition) is 3. The summed E-state index contributed by atoms with van der Waals surface area (Å²) in [5.41, 5.74) is 0.600. The number of sulfonamides is 1. The lowest BCUT2D eigenvalue weighted by atomic mass is 10.1. The van der Waals surface area contributed by atoms with Crippen molar-refractivity contribution >= 4 is 21.6 Å². The van der Waals surface area contributed by atoms with Crippen LogP contribution in [0.4, 0.5) is 5.69 Å². The topological polar surface area (TPSA) is 66.5 Å². The molecule has 1 atom stereocenters. The zero-order chi connectivity index (χ0) is 14.6. The fraction of sp³-hybridized carbons (Fsp3) is 0.462. The zero-order valence-electron chi connectivity index (χ0n) is 11.7. The summed E-state index contributed by atoms with van der Waals surface area (Å²) in [6.07, 6.45) is 0.763. The monoisotopic (exact) mass is 284 g/mol. The number of nitrogens with zero attached hydrogens (tertiary/aromatic N) is 1. The summed E-state index contributed by atoms with van der Waals surface area (Å²) >= 11 is 0. The zero-order valence-corrected chi connectivity index (χ0v) is 12.5. The molecule has 0 aliphatic rings. The van der Waals surface area contributed by atoms with E-state index in [4.69, 9.17) is 0 Å². The second-order valence-electron chi connectivity index (χ2n) is 4.61. The van der Waals surface area contributed by atoms with Crippen molar-refractivity contribution in [2.45, 2.75) is 25.2 Å². The van der Waals surface area contributed by atoms with Crippen LogP contribution in [0.15, 0.2) is 29.2 Å². The number of nitrogens with one attached hydrogen (secondary N) is 1. The van der Waals surface area contributed by atoms with Crippen LogP contribution in [0, 0.1) is 5.92 Å². The van der Waals surface area contributed by atoms with E-state index in [0.29, 0.717) is 5.69 Å². The quantitative estimate of drug-likeness (QED) is 0.898. The van der Waals surface area contributed by atoms with Gasteiger partial charge in [0, 0.05) is 25.7 Å². The molecule has 0 saturated carbocycles. The fourth-order valence-electron chi connectivity index (χ4n) is 1.37. The molecule has 0 aliphatic carbocycles. The van der Waals surface area contributed by atoms with Gasteiger partial charge in [0.05, 0.1) is 4.90 Å². The van der Waals surface area contributed by atoms with Crippen LogP contribution in [0.5, 0.6) is 0 Å². The molecule has 0 aromatic heterocycles. The van der Waals surface area contributed by atoms with Gasteiger partial charge in [-0.1, -0.05) is 13.8 Å². The van der Waals surface area contributed by atoms with Crippen molar-refractivity contribution in [1.29, 1.82) is 0 Å². The molecule has 0 saturated heterocycles. The van der Waals surface area contributed by atoms with E-state index in [1.54, 1.807) is 12.1 Å². The molecule has 1 amide bonds. The highest BCUT2D eigenvalue weighted by Gasteiger charge is 2.17. The first-order valence-corrected chi connectivity index (χ1v) is 7.56. The van der Waals surface area contributed by atoms with E-state index < -0.39 is 10.0 Å². The third-order valence-electron chi connectivity index (χ3n) is 2.96. The normalized spacial score (nSPS) is 13.3. The first-order valence-electron chi connectivity index (χ1n) is 6.12. The van der Waals surface area contributed by atoms with Gasteiger partial charge in [-0.25, -0.2) is 12.7 Å². The van der Waals surface area contributed by atoms with Crippen LogP contribution >= 0.6 is 0 Å². The van der Waals surface area contributed by atoms with Crippen molar-refractivity contribution in [3.63, 3.8) is 0 Å². The summed E-state index contributed by atoms with van der Waals surface area (Å²) in [4.78, 5) is 11.9. The smallest absolute Gasteiger partial charge is 0.242 e. The Morgan fingerprint density at radius 1 is 1.26 bits per heavy atom. The minimum Gasteiger partial charge on any atom is -0.326 e. The van der Waals surface area contributed by atoms with E-state index in [1.165, 1.54) is 26.2 Å². The summed E-state index contributed by atoms with van der Waals surface area (Å²) in [6.45, 7) is 3.79. The van der Waals surface area contributed by atoms with E-state index in [2.05, 4.69) is 5.32 Å². The Hall–Kier alpha value is -1.40. The van der Waals surface area contributed by atoms with E-state index in [-0.39, 0.29) is 16.7 Å². The molecule has 1 aromatic rings. The van der Waals surface area contributed by atoms with Gasteiger partial charge in [0.2, 0.25) is 15.9 Å². The Kier molecular flexibility index (Phi) is 5.08. The standard InChI is InChI=1S/C13H20N2O3S/c1-5-10(2)13(16)14-11-6-8-12(9-7-11)19(17,18)15(3)4/h6-10H,5H2,1-4H3,(H,14,16)/t10-/m0/s1. The van der Waals surface area contributed by atoms with Crippen LogP contribution in [0.2, 0.25) is 0 Å². The van der Waals surface area contributed by atoms with Crippen LogP contribution in [0.25, 0.3) is 0 Å². The molecule has 0 unspecified atom stereocenters. The number of carbonyl (C=O) groups excluding carboxylic acids is 1. The van der Waals surface area contributed by atoms with Crippen molar-refractivity contribution in [2.24, 2.45) is 5.92 Å². The van der Waals surface area contributed by atoms with Gasteiger partial charge in [-0.3, -0.25) is 4.79 Å². The van der Waals surface area contributed by atoms with Gasteiger partial charge >= 0.3 is 0 Å². The van der Waals surface area contributed by atoms with Crippen molar-refractivity contribution in [3.05, 3.63) is 24.3 Å². The van der Waals surface area contributed by atoms with Crippen molar-refractivity contribution in [1.82, 2.24) is 4.31 Å². The highest BCUT2D eigenvalue weighted by atomic mass is 32.2. The molecule has 0 spiro atoms. The van der Waals surface area contributed by atoms with Gasteiger partial charge < -0.3 is 5.32 Å². The third kappa shape index (κ3) is 3.78. The first kappa shape index (κ1) is 15.7. The molecule has 6 heteroatoms. The largest absolute Gasteiger partial charge is 0.326 e. The van der Waals surface area contributed by atoms with Crippen LogP contribution in [0.3, 0.4) is 0 Å². The van der Waals surface area contributed by atoms with Crippen LogP contribution in [-0.2, 0) is 14.8 Å². The highest BCUT2D eigenvalue weighted by molar-refractivity contribution is 7.89. The summed E-state index contributed by atoms with van der Waals surface area (Å²) in [7, 11) is -0.462. The summed E-state index contributed by atoms with van der Waals surface area (Å²) in [6, 6.07) is 6.16. The van der Waals surface area contributed by atoms with Gasteiger partial charge in [-0.15, -0.1) is 0 Å². The lowest BCUT2D eigenvalue weighted by molar-refractivity contribution is -0.119. The van der Waals surface area contributed by atoms with Gasteiger partial charge in [0.15, 0.2) is 0 Å². The van der Waals surface area contributed by atoms with Crippen molar-refractivity contribution in [3.8, 4) is 0 Å². The van der Waals surface area contributed by atoms with E-state index >= 15 is 0 Å². The minimum absolute atomic E-state index is 0.0642. The molecule has 0 heterocycles. The summed E-state index contributed by atoms with van der Waals surface area (Å²) < 4.78 is 24.9. The maximum atomic E-state index is 11.9. The Bertz CT molecular complexity index is 536. The van der Waals surface area contributed by atoms with Crippen molar-refractivity contribution in [2.75, 3.05) is 19.4 Å². The number of carbonyl (C=O) groups is 1. The molecule has 0 aliphatic heterocycles. The van der Waals surface area contributed by atoms with Crippen LogP contribution < -0.4 is 5.32 Å². The average molecular weight is 284 g/mol. The molecule has 0 radical (unpaired) electrons. The molecule has 1 aromatic carbocycles. The second kappa shape index (κ2) is 6.16. The SMILES string of the molecule is CC[C@H](C)C(=O)Nc1ccc(S(=O)(=O)N(C)C)cc1. The molecular weight excluding hydrogens is 264 g/mol. The lowest BCUT2D eigenvalue weighted by Crippen LogP contribution is -2.22. The molecule has 5 nitrogen and oxygen atoms in total. The number of rotatable bonds is 5. The van der Waals surface area contributed by atoms with Crippen LogP contribution in [0.1, 0.15) is 20.3 Å². The summed E-state index contributed by atoms with van der Waals surface area (Å²) in [5.74, 6) is -0.129. The maximum absolute atomic E-state index is 11.9. The highest BCUT2D eigenvalue weighted by Crippen LogP contribution is 2.17. The maximum Gasteiger partial charge on any atom is 0.242 e. The molecule has 0 fully saturated rings. The van der Waals surface area contributed by atoms with Gasteiger partial charge in [0.25, 0.3) is 0 Å². The van der Waals surface area contributed by atoms with Gasteiger partial charge in [-0.2, -0.15) is 0 Å². The summed E-state index contributed by atoms with van der Waals surface area (Å²) in [5, 5.41) is 2.75. The Morgan fingerprint density at radius 2 is 1.79 bits per heavy atom. The number of hydrogen-bond donors (Lipinski definition) is 1. The number of amides is 1. The second-order valence-corrected chi connectivity index (χ2v) is 6.76. The number of benzene rings is 1. The Labute approximate surface area is 114 Å². The minimum atomic E-state index is -3.42. The van der Waals surface area contributed by atoms with Gasteiger partial charge in [0.1, 0.15) is 0 Å². The van der Waals surface area contributed by atoms with E-state index in [0.717, 1.165) is 10.7 Å². The molecule has 106 valence electrons. The predicted molar refractivity (Wildman–Crippen MR) is 75.4 cm³/mol. The van der Waals surface area contributed by atoms with Crippen LogP contribution in [-0.4, -0.2) is 32.7 Å². The molecule has 1 N–H and O–H groups in total. The molecular formula is C13H20N2O3S. The van der Waals surface area contributed by atoms with E-state index in [1.807, 2.05) is 13.8 Å². The lowest BCUT2D eigenvalue weighted by Gasteiger charge is -2.13. The first-order chi connectivity index (χ1) is 8.78. The van der Waals surface area contributed by atoms with Gasteiger partial charge in [-0.05, 0) is 30.7 Å². The fourth-order valence-corrected chi connectivity index (χ4v) is 2.27. The van der Waals surface area contributed by atoms with Crippen molar-refractivity contribution < 1.29 is 13.2 Å². The Balaban J connectivity index is 2.86. The number of anilines is 1. The average Bonchev–Trinajstić information content (AvgIpc) is 2.38.